The minimum atomic E-state index is -0.852. The van der Waals surface area contributed by atoms with Gasteiger partial charge in [0.05, 0.1) is 0 Å². The fourth-order valence-corrected chi connectivity index (χ4v) is 2.57. The molecular weight excluding hydrogens is 206 g/mol. The standard InChI is InChI=1S/C12H19NO3/c14-11(7-6-9-3-1-4-9)13-8-2-5-10(13)12(15)16/h9-10H,1-8H2,(H,15,16). The monoisotopic (exact) mass is 225 g/mol. The predicted molar refractivity (Wildman–Crippen MR) is 58.9 cm³/mol. The van der Waals surface area contributed by atoms with Gasteiger partial charge in [-0.1, -0.05) is 19.3 Å². The first-order valence-corrected chi connectivity index (χ1v) is 6.21. The van der Waals surface area contributed by atoms with Crippen molar-refractivity contribution in [1.82, 2.24) is 4.90 Å². The Labute approximate surface area is 95.6 Å². The highest BCUT2D eigenvalue weighted by molar-refractivity contribution is 5.84. The molecule has 0 aromatic carbocycles. The number of likely N-dealkylation sites (tertiary alicyclic amines) is 1. The summed E-state index contributed by atoms with van der Waals surface area (Å²) in [5.41, 5.74) is 0. The first-order chi connectivity index (χ1) is 7.68. The third-order valence-electron chi connectivity index (χ3n) is 3.85. The number of hydrogen-bond acceptors (Lipinski definition) is 2. The van der Waals surface area contributed by atoms with E-state index < -0.39 is 12.0 Å². The van der Waals surface area contributed by atoms with Crippen molar-refractivity contribution in [2.45, 2.75) is 51.0 Å². The summed E-state index contributed by atoms with van der Waals surface area (Å²) in [7, 11) is 0. The molecule has 1 aliphatic heterocycles. The average Bonchev–Trinajstić information content (AvgIpc) is 2.63. The molecular formula is C12H19NO3. The third kappa shape index (κ3) is 2.36. The van der Waals surface area contributed by atoms with Gasteiger partial charge in [-0.25, -0.2) is 4.79 Å². The van der Waals surface area contributed by atoms with Crippen LogP contribution in [-0.4, -0.2) is 34.5 Å². The topological polar surface area (TPSA) is 57.6 Å². The van der Waals surface area contributed by atoms with Gasteiger partial charge in [-0.3, -0.25) is 4.79 Å². The highest BCUT2D eigenvalue weighted by Gasteiger charge is 2.33. The van der Waals surface area contributed by atoms with Crippen LogP contribution in [0.2, 0.25) is 0 Å². The summed E-state index contributed by atoms with van der Waals surface area (Å²) in [6.07, 6.45) is 6.71. The Hall–Kier alpha value is -1.06. The lowest BCUT2D eigenvalue weighted by Crippen LogP contribution is -2.40. The van der Waals surface area contributed by atoms with Gasteiger partial charge in [0.2, 0.25) is 5.91 Å². The summed E-state index contributed by atoms with van der Waals surface area (Å²) in [5.74, 6) is -0.0962. The molecule has 1 heterocycles. The summed E-state index contributed by atoms with van der Waals surface area (Å²) in [5, 5.41) is 8.97. The third-order valence-corrected chi connectivity index (χ3v) is 3.85. The van der Waals surface area contributed by atoms with Gasteiger partial charge in [0, 0.05) is 13.0 Å². The van der Waals surface area contributed by atoms with Crippen molar-refractivity contribution in [3.8, 4) is 0 Å². The Morgan fingerprint density at radius 1 is 1.19 bits per heavy atom. The van der Waals surface area contributed by atoms with Gasteiger partial charge >= 0.3 is 5.97 Å². The van der Waals surface area contributed by atoms with Crippen LogP contribution in [0.4, 0.5) is 0 Å². The molecule has 4 heteroatoms. The van der Waals surface area contributed by atoms with Crippen molar-refractivity contribution in [2.75, 3.05) is 6.54 Å². The molecule has 1 N–H and O–H groups in total. The summed E-state index contributed by atoms with van der Waals surface area (Å²) < 4.78 is 0. The van der Waals surface area contributed by atoms with Crippen LogP contribution in [0.3, 0.4) is 0 Å². The van der Waals surface area contributed by atoms with Crippen LogP contribution >= 0.6 is 0 Å². The van der Waals surface area contributed by atoms with Crippen molar-refractivity contribution < 1.29 is 14.7 Å². The second-order valence-corrected chi connectivity index (χ2v) is 4.92. The molecule has 1 amide bonds. The van der Waals surface area contributed by atoms with E-state index in [4.69, 9.17) is 5.11 Å². The lowest BCUT2D eigenvalue weighted by molar-refractivity contribution is -0.148. The Morgan fingerprint density at radius 2 is 1.94 bits per heavy atom. The largest absolute Gasteiger partial charge is 0.480 e. The zero-order chi connectivity index (χ0) is 11.5. The van der Waals surface area contributed by atoms with Crippen LogP contribution in [0, 0.1) is 5.92 Å². The molecule has 16 heavy (non-hydrogen) atoms. The van der Waals surface area contributed by atoms with E-state index in [1.807, 2.05) is 0 Å². The summed E-state index contributed by atoms with van der Waals surface area (Å²) in [6, 6.07) is -0.561. The number of rotatable bonds is 4. The van der Waals surface area contributed by atoms with Gasteiger partial charge in [0.1, 0.15) is 6.04 Å². The van der Waals surface area contributed by atoms with Gasteiger partial charge < -0.3 is 10.0 Å². The van der Waals surface area contributed by atoms with Gasteiger partial charge in [0.25, 0.3) is 0 Å². The number of amides is 1. The van der Waals surface area contributed by atoms with Crippen LogP contribution in [0.5, 0.6) is 0 Å². The molecule has 2 rings (SSSR count). The summed E-state index contributed by atoms with van der Waals surface area (Å²) in [4.78, 5) is 24.4. The number of carboxylic acids is 1. The fourth-order valence-electron chi connectivity index (χ4n) is 2.57. The van der Waals surface area contributed by atoms with E-state index in [1.54, 1.807) is 4.90 Å². The van der Waals surface area contributed by atoms with Gasteiger partial charge in [0.15, 0.2) is 0 Å². The van der Waals surface area contributed by atoms with Crippen LogP contribution in [0.15, 0.2) is 0 Å². The maximum absolute atomic E-state index is 11.9. The molecule has 1 unspecified atom stereocenters. The molecule has 1 saturated heterocycles. The SMILES string of the molecule is O=C(O)C1CCCN1C(=O)CCC1CCC1. The van der Waals surface area contributed by atoms with Gasteiger partial charge in [-0.2, -0.15) is 0 Å². The Balaban J connectivity index is 1.80. The summed E-state index contributed by atoms with van der Waals surface area (Å²) >= 11 is 0. The van der Waals surface area contributed by atoms with Crippen molar-refractivity contribution in [3.05, 3.63) is 0 Å². The van der Waals surface area contributed by atoms with Crippen LogP contribution in [-0.2, 0) is 9.59 Å². The van der Waals surface area contributed by atoms with E-state index in [0.29, 0.717) is 19.4 Å². The highest BCUT2D eigenvalue weighted by Crippen LogP contribution is 2.31. The number of aliphatic carboxylic acids is 1. The Bertz CT molecular complexity index is 286. The molecule has 90 valence electrons. The van der Waals surface area contributed by atoms with Crippen LogP contribution in [0.25, 0.3) is 0 Å². The van der Waals surface area contributed by atoms with E-state index in [1.165, 1.54) is 19.3 Å². The number of hydrogen-bond donors (Lipinski definition) is 1. The minimum Gasteiger partial charge on any atom is -0.480 e. The molecule has 0 spiro atoms. The zero-order valence-electron chi connectivity index (χ0n) is 9.52. The van der Waals surface area contributed by atoms with Gasteiger partial charge in [-0.05, 0) is 25.2 Å². The maximum atomic E-state index is 11.9. The van der Waals surface area contributed by atoms with E-state index in [9.17, 15) is 9.59 Å². The molecule has 0 aromatic heterocycles. The predicted octanol–water partition coefficient (Wildman–Crippen LogP) is 1.64. The highest BCUT2D eigenvalue weighted by atomic mass is 16.4. The van der Waals surface area contributed by atoms with E-state index >= 15 is 0 Å². The Kier molecular flexibility index (Phi) is 3.46. The second-order valence-electron chi connectivity index (χ2n) is 4.92. The summed E-state index contributed by atoms with van der Waals surface area (Å²) in [6.45, 7) is 0.625. The van der Waals surface area contributed by atoms with Crippen LogP contribution < -0.4 is 0 Å². The molecule has 1 saturated carbocycles. The number of carbonyl (C=O) groups is 2. The molecule has 0 bridgehead atoms. The molecule has 0 aromatic rings. The minimum absolute atomic E-state index is 0.0387. The number of carbonyl (C=O) groups excluding carboxylic acids is 1. The van der Waals surface area contributed by atoms with Crippen LogP contribution in [0.1, 0.15) is 44.9 Å². The molecule has 1 atom stereocenters. The lowest BCUT2D eigenvalue weighted by atomic mass is 9.82. The molecule has 0 radical (unpaired) electrons. The second kappa shape index (κ2) is 4.85. The quantitative estimate of drug-likeness (QED) is 0.791. The Morgan fingerprint density at radius 3 is 2.50 bits per heavy atom. The maximum Gasteiger partial charge on any atom is 0.326 e. The molecule has 2 fully saturated rings. The zero-order valence-corrected chi connectivity index (χ0v) is 9.52. The first kappa shape index (κ1) is 11.4. The molecule has 1 aliphatic carbocycles. The average molecular weight is 225 g/mol. The van der Waals surface area contributed by atoms with E-state index in [2.05, 4.69) is 0 Å². The van der Waals surface area contributed by atoms with Crippen molar-refractivity contribution >= 4 is 11.9 Å². The van der Waals surface area contributed by atoms with Crippen molar-refractivity contribution in [2.24, 2.45) is 5.92 Å². The first-order valence-electron chi connectivity index (χ1n) is 6.21. The fraction of sp³-hybridized carbons (Fsp3) is 0.833. The molecule has 2 aliphatic rings. The van der Waals surface area contributed by atoms with Crippen molar-refractivity contribution in [1.29, 1.82) is 0 Å². The van der Waals surface area contributed by atoms with E-state index in [0.717, 1.165) is 18.8 Å². The van der Waals surface area contributed by atoms with Gasteiger partial charge in [-0.15, -0.1) is 0 Å². The van der Waals surface area contributed by atoms with E-state index in [-0.39, 0.29) is 5.91 Å². The smallest absolute Gasteiger partial charge is 0.326 e. The van der Waals surface area contributed by atoms with Crippen molar-refractivity contribution in [3.63, 3.8) is 0 Å². The molecule has 4 nitrogen and oxygen atoms in total. The number of carboxylic acid groups (broad SMARTS) is 1. The normalized spacial score (nSPS) is 25.5. The number of nitrogens with zero attached hydrogens (tertiary/aromatic N) is 1. The lowest BCUT2D eigenvalue weighted by Gasteiger charge is -2.27.